The Labute approximate surface area is 131 Å². The molecule has 0 fully saturated rings. The lowest BCUT2D eigenvalue weighted by Gasteiger charge is -2.17. The zero-order chi connectivity index (χ0) is 16.3. The number of rotatable bonds is 3. The monoisotopic (exact) mass is 296 g/mol. The van der Waals surface area contributed by atoms with E-state index in [9.17, 15) is 9.18 Å². The Morgan fingerprint density at radius 3 is 2.32 bits per heavy atom. The maximum absolute atomic E-state index is 13.2. The molecule has 2 aliphatic rings. The Morgan fingerprint density at radius 2 is 1.68 bits per heavy atom. The fourth-order valence-corrected chi connectivity index (χ4v) is 2.30. The molecule has 0 atom stereocenters. The van der Waals surface area contributed by atoms with Crippen molar-refractivity contribution < 1.29 is 9.18 Å². The summed E-state index contributed by atoms with van der Waals surface area (Å²) in [6.07, 6.45) is 3.71. The summed E-state index contributed by atoms with van der Waals surface area (Å²) in [5.74, 6) is -0.729. The molecule has 0 spiro atoms. The van der Waals surface area contributed by atoms with Crippen LogP contribution in [0.5, 0.6) is 0 Å². The van der Waals surface area contributed by atoms with Gasteiger partial charge in [-0.3, -0.25) is 4.79 Å². The smallest absolute Gasteiger partial charge is 0.178 e. The van der Waals surface area contributed by atoms with Crippen LogP contribution in [0.2, 0.25) is 0 Å². The zero-order valence-electron chi connectivity index (χ0n) is 13.5. The molecule has 0 aromatic rings. The van der Waals surface area contributed by atoms with Gasteiger partial charge in [0.2, 0.25) is 0 Å². The van der Waals surface area contributed by atoms with Gasteiger partial charge in [-0.05, 0) is 40.2 Å². The summed E-state index contributed by atoms with van der Waals surface area (Å²) < 4.78 is 13.2. The molecule has 0 N–H and O–H groups in total. The number of carbonyl (C=O) groups excluding carboxylic acids is 1. The van der Waals surface area contributed by atoms with Crippen LogP contribution in [-0.4, -0.2) is 6.29 Å². The first-order valence-electron chi connectivity index (χ1n) is 7.36. The normalized spacial score (nSPS) is 13.5. The third-order valence-corrected chi connectivity index (χ3v) is 3.80. The first-order valence-corrected chi connectivity index (χ1v) is 7.36. The van der Waals surface area contributed by atoms with Gasteiger partial charge >= 0.3 is 0 Å². The molecule has 0 aromatic carbocycles. The average Bonchev–Trinajstić information content (AvgIpc) is 2.71. The third-order valence-electron chi connectivity index (χ3n) is 3.80. The van der Waals surface area contributed by atoms with Crippen LogP contribution in [-0.2, 0) is 10.2 Å². The van der Waals surface area contributed by atoms with Crippen molar-refractivity contribution in [1.29, 1.82) is 0 Å². The van der Waals surface area contributed by atoms with Gasteiger partial charge < -0.3 is 0 Å². The first-order chi connectivity index (χ1) is 10.3. The van der Waals surface area contributed by atoms with Crippen LogP contribution >= 0.6 is 0 Å². The van der Waals surface area contributed by atoms with Gasteiger partial charge in [-0.2, -0.15) is 0 Å². The van der Waals surface area contributed by atoms with E-state index in [2.05, 4.69) is 51.1 Å². The lowest BCUT2D eigenvalue weighted by Crippen LogP contribution is -2.09. The minimum Gasteiger partial charge on any atom is -0.295 e. The van der Waals surface area contributed by atoms with Gasteiger partial charge in [0.05, 0.1) is 0 Å². The van der Waals surface area contributed by atoms with Crippen LogP contribution in [0, 0.1) is 0 Å². The molecule has 0 amide bonds. The van der Waals surface area contributed by atoms with Gasteiger partial charge in [-0.15, -0.1) is 0 Å². The van der Waals surface area contributed by atoms with Gasteiger partial charge in [0, 0.05) is 0 Å². The Hall–Kier alpha value is -2.22. The summed E-state index contributed by atoms with van der Waals surface area (Å²) in [5, 5.41) is 0. The first kappa shape index (κ1) is 16.2. The molecule has 0 aromatic heterocycles. The molecule has 114 valence electrons. The number of allylic oxidation sites excluding steroid dienone is 3. The second-order valence-corrected chi connectivity index (χ2v) is 6.51. The topological polar surface area (TPSA) is 17.1 Å². The Bertz CT molecular complexity index is 717. The second kappa shape index (κ2) is 6.27. The molecule has 0 radical (unpaired) electrons. The molecule has 0 heterocycles. The van der Waals surface area contributed by atoms with E-state index < -0.39 is 5.83 Å². The van der Waals surface area contributed by atoms with Gasteiger partial charge in [0.15, 0.2) is 12.1 Å². The highest BCUT2D eigenvalue weighted by Gasteiger charge is 2.14. The van der Waals surface area contributed by atoms with Crippen molar-refractivity contribution in [3.8, 4) is 11.1 Å². The number of hydrogen-bond donors (Lipinski definition) is 0. The molecule has 22 heavy (non-hydrogen) atoms. The maximum Gasteiger partial charge on any atom is 0.178 e. The van der Waals surface area contributed by atoms with Crippen LogP contribution in [0.25, 0.3) is 17.2 Å². The molecular weight excluding hydrogens is 275 g/mol. The Morgan fingerprint density at radius 1 is 1.05 bits per heavy atom. The lowest BCUT2D eigenvalue weighted by atomic mass is 9.88. The van der Waals surface area contributed by atoms with Crippen molar-refractivity contribution in [2.75, 3.05) is 0 Å². The van der Waals surface area contributed by atoms with Gasteiger partial charge in [-0.25, -0.2) is 4.39 Å². The summed E-state index contributed by atoms with van der Waals surface area (Å²) in [4.78, 5) is 10.4. The van der Waals surface area contributed by atoms with Crippen molar-refractivity contribution in [3.63, 3.8) is 0 Å². The molecule has 0 bridgehead atoms. The lowest BCUT2D eigenvalue weighted by molar-refractivity contribution is -0.106. The van der Waals surface area contributed by atoms with Gasteiger partial charge in [0.1, 0.15) is 0 Å². The second-order valence-electron chi connectivity index (χ2n) is 6.51. The molecular formula is C20H21FO. The minimum atomic E-state index is -0.729. The third kappa shape index (κ3) is 3.51. The van der Waals surface area contributed by atoms with Crippen LogP contribution in [0.15, 0.2) is 53.9 Å². The maximum atomic E-state index is 13.2. The largest absolute Gasteiger partial charge is 0.295 e. The number of hydrogen-bond acceptors (Lipinski definition) is 1. The summed E-state index contributed by atoms with van der Waals surface area (Å²) in [6.45, 7) is 8.14. The fourth-order valence-electron chi connectivity index (χ4n) is 2.30. The highest BCUT2D eigenvalue weighted by Crippen LogP contribution is 2.31. The number of carbonyl (C=O) groups is 1. The van der Waals surface area contributed by atoms with Crippen molar-refractivity contribution in [1.82, 2.24) is 0 Å². The highest BCUT2D eigenvalue weighted by molar-refractivity contribution is 5.80. The zero-order valence-corrected chi connectivity index (χ0v) is 13.5. The standard InChI is InChI=1S/C20H21FO/c1-14(19(21)13-22)5-6-15-7-8-16-9-10-17(20(2,3)4)11-12-18(15)16/h5-13H,1-4H3/b6-5+,19-14-. The highest BCUT2D eigenvalue weighted by atomic mass is 19.1. The minimum absolute atomic E-state index is 0.0961. The number of aldehydes is 1. The predicted molar refractivity (Wildman–Crippen MR) is 90.7 cm³/mol. The molecule has 2 aliphatic carbocycles. The Balaban J connectivity index is 2.43. The van der Waals surface area contributed by atoms with Crippen LogP contribution in [0.1, 0.15) is 38.8 Å². The predicted octanol–water partition coefficient (Wildman–Crippen LogP) is 5.54. The van der Waals surface area contributed by atoms with E-state index in [0.29, 0.717) is 5.57 Å². The SMILES string of the molecule is CC(/C=C/c1ccc2ccc(C(C)(C)C)ccc1-2)=C(/F)C=O. The summed E-state index contributed by atoms with van der Waals surface area (Å²) in [7, 11) is 0. The van der Waals surface area contributed by atoms with Crippen molar-refractivity contribution >= 4 is 12.4 Å². The van der Waals surface area contributed by atoms with Gasteiger partial charge in [-0.1, -0.05) is 69.3 Å². The molecule has 0 saturated heterocycles. The van der Waals surface area contributed by atoms with Gasteiger partial charge in [0.25, 0.3) is 0 Å². The van der Waals surface area contributed by atoms with E-state index in [1.165, 1.54) is 5.56 Å². The fraction of sp³-hybridized carbons (Fsp3) is 0.250. The van der Waals surface area contributed by atoms with Crippen molar-refractivity contribution in [2.45, 2.75) is 33.1 Å². The van der Waals surface area contributed by atoms with E-state index in [1.54, 1.807) is 13.0 Å². The molecule has 2 rings (SSSR count). The van der Waals surface area contributed by atoms with Crippen LogP contribution in [0.3, 0.4) is 0 Å². The number of halogens is 1. The molecule has 1 nitrogen and oxygen atoms in total. The van der Waals surface area contributed by atoms with E-state index >= 15 is 0 Å². The molecule has 0 saturated carbocycles. The van der Waals surface area contributed by atoms with E-state index in [-0.39, 0.29) is 11.7 Å². The molecule has 0 unspecified atom stereocenters. The van der Waals surface area contributed by atoms with Crippen LogP contribution in [0.4, 0.5) is 4.39 Å². The quantitative estimate of drug-likeness (QED) is 0.412. The average molecular weight is 296 g/mol. The van der Waals surface area contributed by atoms with E-state index in [4.69, 9.17) is 0 Å². The Kier molecular flexibility index (Phi) is 4.60. The molecule has 0 aliphatic heterocycles. The summed E-state index contributed by atoms with van der Waals surface area (Å²) >= 11 is 0. The van der Waals surface area contributed by atoms with E-state index in [0.717, 1.165) is 16.7 Å². The molecule has 2 heteroatoms. The van der Waals surface area contributed by atoms with Crippen LogP contribution < -0.4 is 0 Å². The summed E-state index contributed by atoms with van der Waals surface area (Å²) in [5.41, 5.74) is 4.98. The van der Waals surface area contributed by atoms with Crippen molar-refractivity contribution in [2.24, 2.45) is 0 Å². The van der Waals surface area contributed by atoms with E-state index in [1.807, 2.05) is 12.1 Å². The summed E-state index contributed by atoms with van der Waals surface area (Å²) in [6, 6.07) is 12.6. The number of fused-ring (bicyclic) bond motifs is 1. The van der Waals surface area contributed by atoms with Crippen molar-refractivity contribution in [3.05, 3.63) is 65.0 Å².